The van der Waals surface area contributed by atoms with Gasteiger partial charge in [-0.05, 0) is 88.6 Å². The van der Waals surface area contributed by atoms with Gasteiger partial charge in [-0.1, -0.05) is 163 Å². The quantitative estimate of drug-likeness (QED) is 0.156. The van der Waals surface area contributed by atoms with E-state index in [0.29, 0.717) is 0 Å². The van der Waals surface area contributed by atoms with E-state index >= 15 is 0 Å². The molecule has 0 atom stereocenters. The summed E-state index contributed by atoms with van der Waals surface area (Å²) in [6.45, 7) is 0. The Morgan fingerprint density at radius 1 is 0.276 bits per heavy atom. The van der Waals surface area contributed by atoms with Gasteiger partial charge in [0.15, 0.2) is 0 Å². The third kappa shape index (κ3) is 4.97. The van der Waals surface area contributed by atoms with Crippen molar-refractivity contribution in [2.24, 2.45) is 0 Å². The molecule has 266 valence electrons. The Labute approximate surface area is 342 Å². The molecular weight excluding hydrogens is 695 g/mol. The first kappa shape index (κ1) is 34.6. The fourth-order valence-electron chi connectivity index (χ4n) is 10.1. The largest absolute Gasteiger partial charge is 0.455 e. The van der Waals surface area contributed by atoms with Crippen LogP contribution < -0.4 is 27.3 Å². The van der Waals surface area contributed by atoms with Crippen LogP contribution in [0.1, 0.15) is 0 Å². The average molecular weight is 732 g/mol. The minimum absolute atomic E-state index is 0.892. The maximum atomic E-state index is 7.10. The van der Waals surface area contributed by atoms with Crippen LogP contribution >= 0.6 is 0 Å². The first-order valence-corrected chi connectivity index (χ1v) is 20.4. The SMILES string of the molecule is Bc1c(B)c(B)c(-c2c3ccccc3c(-c3ccc4c(c3)oc3c(-c5c6ccccc6c(-c6ccccc6)c6ccccc56)cccc34)c3ccccc23)c(B)c1B. The number of fused-ring (bicyclic) bond motifs is 7. The van der Waals surface area contributed by atoms with Gasteiger partial charge in [-0.25, -0.2) is 0 Å². The maximum absolute atomic E-state index is 7.10. The molecule has 0 amide bonds. The maximum Gasteiger partial charge on any atom is 0.143 e. The minimum atomic E-state index is 0.892. The smallest absolute Gasteiger partial charge is 0.143 e. The number of hydrogen-bond donors (Lipinski definition) is 0. The van der Waals surface area contributed by atoms with Crippen molar-refractivity contribution in [1.29, 1.82) is 0 Å². The van der Waals surface area contributed by atoms with Gasteiger partial charge >= 0.3 is 0 Å². The summed E-state index contributed by atoms with van der Waals surface area (Å²) in [6.07, 6.45) is 0. The second-order valence-corrected chi connectivity index (χ2v) is 16.0. The zero-order valence-electron chi connectivity index (χ0n) is 33.5. The summed E-state index contributed by atoms with van der Waals surface area (Å²) in [5.74, 6) is 0. The number of para-hydroxylation sites is 1. The van der Waals surface area contributed by atoms with E-state index in [1.165, 1.54) is 104 Å². The lowest BCUT2D eigenvalue weighted by atomic mass is 9.59. The highest BCUT2D eigenvalue weighted by Crippen LogP contribution is 2.48. The molecule has 0 spiro atoms. The fourth-order valence-corrected chi connectivity index (χ4v) is 10.1. The zero-order chi connectivity index (χ0) is 39.2. The Morgan fingerprint density at radius 3 is 1.21 bits per heavy atom. The lowest BCUT2D eigenvalue weighted by Crippen LogP contribution is -2.55. The second-order valence-electron chi connectivity index (χ2n) is 16.0. The molecule has 0 N–H and O–H groups in total. The van der Waals surface area contributed by atoms with Crippen molar-refractivity contribution >= 4 is 132 Å². The molecule has 0 aliphatic carbocycles. The summed E-state index contributed by atoms with van der Waals surface area (Å²) in [5.41, 5.74) is 18.5. The Balaban J connectivity index is 1.17. The lowest BCUT2D eigenvalue weighted by Gasteiger charge is -2.24. The molecular formula is C52H37B5O. The molecule has 1 aromatic heterocycles. The van der Waals surface area contributed by atoms with Crippen LogP contribution in [-0.2, 0) is 0 Å². The molecule has 0 unspecified atom stereocenters. The Hall–Kier alpha value is -6.64. The van der Waals surface area contributed by atoms with Crippen LogP contribution in [0.4, 0.5) is 0 Å². The van der Waals surface area contributed by atoms with E-state index in [1.807, 2.05) is 0 Å². The molecule has 1 heterocycles. The van der Waals surface area contributed by atoms with Gasteiger partial charge in [0.2, 0.25) is 0 Å². The Bertz CT molecular complexity index is 3370. The standard InChI is InChI=1S/C52H37B5O/c53-47-46(48(54)50(56)51(57)49(47)55)45-37-21-10-6-17-33(37)43(34-18-7-11-22-38(34)45)29-25-26-30-39-23-12-24-40(52(39)58-41(30)27-29)44-35-19-8-4-15-31(35)42(28-13-2-1-3-14-28)32-16-5-9-20-36(32)44/h1-27H,53-57H2. The zero-order valence-corrected chi connectivity index (χ0v) is 33.5. The fraction of sp³-hybridized carbons (Fsp3) is 0. The molecule has 11 aromatic rings. The van der Waals surface area contributed by atoms with Crippen LogP contribution in [0.2, 0.25) is 0 Å². The van der Waals surface area contributed by atoms with Crippen LogP contribution in [0.25, 0.3) is 110 Å². The van der Waals surface area contributed by atoms with Gasteiger partial charge in [0.05, 0.1) is 0 Å². The van der Waals surface area contributed by atoms with Crippen molar-refractivity contribution < 1.29 is 4.42 Å². The van der Waals surface area contributed by atoms with E-state index in [-0.39, 0.29) is 0 Å². The molecule has 58 heavy (non-hydrogen) atoms. The second kappa shape index (κ2) is 13.2. The molecule has 10 aromatic carbocycles. The van der Waals surface area contributed by atoms with Crippen LogP contribution in [0.5, 0.6) is 0 Å². The summed E-state index contributed by atoms with van der Waals surface area (Å²) < 4.78 is 7.10. The van der Waals surface area contributed by atoms with Gasteiger partial charge in [-0.2, -0.15) is 0 Å². The predicted octanol–water partition coefficient (Wildman–Crippen LogP) is 6.16. The van der Waals surface area contributed by atoms with Crippen molar-refractivity contribution in [3.63, 3.8) is 0 Å². The van der Waals surface area contributed by atoms with E-state index < -0.39 is 0 Å². The number of furan rings is 1. The van der Waals surface area contributed by atoms with Gasteiger partial charge in [0.25, 0.3) is 0 Å². The van der Waals surface area contributed by atoms with E-state index in [2.05, 4.69) is 203 Å². The highest BCUT2D eigenvalue weighted by molar-refractivity contribution is 6.69. The van der Waals surface area contributed by atoms with E-state index in [1.54, 1.807) is 0 Å². The summed E-state index contributed by atoms with van der Waals surface area (Å²) in [6, 6.07) is 59.9. The first-order chi connectivity index (χ1) is 28.4. The molecule has 0 aliphatic rings. The van der Waals surface area contributed by atoms with E-state index in [9.17, 15) is 0 Å². The van der Waals surface area contributed by atoms with Gasteiger partial charge in [0, 0.05) is 21.9 Å². The summed E-state index contributed by atoms with van der Waals surface area (Å²) in [4.78, 5) is 0. The molecule has 0 aliphatic heterocycles. The predicted molar refractivity (Wildman–Crippen MR) is 266 cm³/mol. The van der Waals surface area contributed by atoms with E-state index in [0.717, 1.165) is 33.1 Å². The van der Waals surface area contributed by atoms with E-state index in [4.69, 9.17) is 4.42 Å². The van der Waals surface area contributed by atoms with Crippen molar-refractivity contribution in [3.05, 3.63) is 164 Å². The number of hydrogen-bond acceptors (Lipinski definition) is 1. The van der Waals surface area contributed by atoms with Gasteiger partial charge in [-0.3, -0.25) is 0 Å². The third-order valence-corrected chi connectivity index (χ3v) is 13.2. The normalized spacial score (nSPS) is 11.8. The van der Waals surface area contributed by atoms with Crippen molar-refractivity contribution in [2.45, 2.75) is 0 Å². The first-order valence-electron chi connectivity index (χ1n) is 20.4. The number of benzene rings is 10. The monoisotopic (exact) mass is 732 g/mol. The Morgan fingerprint density at radius 2 is 0.690 bits per heavy atom. The van der Waals surface area contributed by atoms with Crippen LogP contribution in [0.15, 0.2) is 168 Å². The lowest BCUT2D eigenvalue weighted by molar-refractivity contribution is 0.670. The van der Waals surface area contributed by atoms with Gasteiger partial charge in [-0.15, -0.1) is 16.4 Å². The third-order valence-electron chi connectivity index (χ3n) is 13.2. The number of rotatable bonds is 4. The molecule has 11 rings (SSSR count). The van der Waals surface area contributed by atoms with Gasteiger partial charge in [0.1, 0.15) is 50.4 Å². The highest BCUT2D eigenvalue weighted by Gasteiger charge is 2.23. The molecule has 0 bridgehead atoms. The Kier molecular flexibility index (Phi) is 7.88. The summed E-state index contributed by atoms with van der Waals surface area (Å²) in [5, 5.41) is 12.2. The molecule has 0 saturated heterocycles. The topological polar surface area (TPSA) is 13.1 Å². The summed E-state index contributed by atoms with van der Waals surface area (Å²) >= 11 is 0. The molecule has 0 fully saturated rings. The van der Waals surface area contributed by atoms with Crippen molar-refractivity contribution in [2.75, 3.05) is 0 Å². The van der Waals surface area contributed by atoms with Crippen molar-refractivity contribution in [1.82, 2.24) is 0 Å². The highest BCUT2D eigenvalue weighted by atomic mass is 16.3. The molecule has 1 nitrogen and oxygen atoms in total. The molecule has 6 heteroatoms. The van der Waals surface area contributed by atoms with Crippen LogP contribution in [0.3, 0.4) is 0 Å². The average Bonchev–Trinajstić information content (AvgIpc) is 3.65. The minimum Gasteiger partial charge on any atom is -0.455 e. The summed E-state index contributed by atoms with van der Waals surface area (Å²) in [7, 11) is 11.4. The van der Waals surface area contributed by atoms with Crippen molar-refractivity contribution in [3.8, 4) is 44.5 Å². The van der Waals surface area contributed by atoms with Gasteiger partial charge < -0.3 is 4.42 Å². The molecule has 0 radical (unpaired) electrons. The molecule has 0 saturated carbocycles. The van der Waals surface area contributed by atoms with Crippen LogP contribution in [0, 0.1) is 0 Å². The van der Waals surface area contributed by atoms with Crippen LogP contribution in [-0.4, -0.2) is 39.2 Å².